The minimum absolute atomic E-state index is 0.984. The molecule has 0 aliphatic carbocycles. The molecule has 26 heavy (non-hydrogen) atoms. The number of imidazole rings is 2. The van der Waals surface area contributed by atoms with E-state index >= 15 is 0 Å². The molecule has 0 unspecified atom stereocenters. The maximum Gasteiger partial charge on any atom is 0.140 e. The molecule has 0 aliphatic rings. The third-order valence-electron chi connectivity index (χ3n) is 5.50. The Balaban J connectivity index is 1.97. The summed E-state index contributed by atoms with van der Waals surface area (Å²) in [5.74, 6) is 0. The summed E-state index contributed by atoms with van der Waals surface area (Å²) in [6, 6.07) is 21.5. The van der Waals surface area contributed by atoms with E-state index in [0.717, 1.165) is 44.1 Å². The number of benzene rings is 3. The second-order valence-electron chi connectivity index (χ2n) is 6.97. The number of hydrogen-bond donors (Lipinski definition) is 0. The van der Waals surface area contributed by atoms with Gasteiger partial charge in [-0.25, -0.2) is 9.97 Å². The molecule has 4 heteroatoms. The Hall–Kier alpha value is -3.40. The first kappa shape index (κ1) is 13.8. The van der Waals surface area contributed by atoms with Crippen LogP contribution >= 0.6 is 0 Å². The van der Waals surface area contributed by atoms with Crippen LogP contribution in [0.3, 0.4) is 0 Å². The largest absolute Gasteiger partial charge is 0.327 e. The molecule has 3 aromatic carbocycles. The second kappa shape index (κ2) is 4.61. The predicted octanol–water partition coefficient (Wildman–Crippen LogP) is 4.92. The number of aryl methyl sites for hydroxylation is 2. The van der Waals surface area contributed by atoms with Crippen molar-refractivity contribution in [1.82, 2.24) is 19.1 Å². The summed E-state index contributed by atoms with van der Waals surface area (Å²) in [6.07, 6.45) is 0. The van der Waals surface area contributed by atoms with Gasteiger partial charge in [-0.05, 0) is 35.0 Å². The highest BCUT2D eigenvalue weighted by atomic mass is 15.0. The van der Waals surface area contributed by atoms with Gasteiger partial charge < -0.3 is 9.13 Å². The van der Waals surface area contributed by atoms with E-state index in [0.29, 0.717) is 0 Å². The lowest BCUT2D eigenvalue weighted by molar-refractivity contribution is 1.00. The van der Waals surface area contributed by atoms with Gasteiger partial charge in [0.1, 0.15) is 11.3 Å². The summed E-state index contributed by atoms with van der Waals surface area (Å²) < 4.78 is 4.32. The lowest BCUT2D eigenvalue weighted by Gasteiger charge is -2.00. The van der Waals surface area contributed by atoms with E-state index in [1.54, 1.807) is 0 Å². The molecule has 0 saturated carbocycles. The van der Waals surface area contributed by atoms with Crippen molar-refractivity contribution in [3.05, 3.63) is 60.7 Å². The Bertz CT molecular complexity index is 1370. The van der Waals surface area contributed by atoms with Gasteiger partial charge in [-0.2, -0.15) is 0 Å². The topological polar surface area (TPSA) is 35.6 Å². The number of nitrogens with zero attached hydrogens (tertiary/aromatic N) is 4. The van der Waals surface area contributed by atoms with Gasteiger partial charge in [0, 0.05) is 24.9 Å². The van der Waals surface area contributed by atoms with Crippen LogP contribution in [-0.2, 0) is 14.1 Å². The van der Waals surface area contributed by atoms with Gasteiger partial charge in [0.2, 0.25) is 0 Å². The van der Waals surface area contributed by atoms with Gasteiger partial charge in [0.15, 0.2) is 0 Å². The van der Waals surface area contributed by atoms with E-state index in [-0.39, 0.29) is 0 Å². The van der Waals surface area contributed by atoms with E-state index in [2.05, 4.69) is 83.9 Å². The monoisotopic (exact) mass is 336 g/mol. The van der Waals surface area contributed by atoms with E-state index in [1.807, 2.05) is 0 Å². The van der Waals surface area contributed by atoms with Crippen molar-refractivity contribution in [2.24, 2.45) is 14.1 Å². The number of fused-ring (bicyclic) bond motifs is 2. The SMILES string of the molecule is Cn1c2ccc3cc2nc1c1ccc(cc1)c1nc2cc3ccc2n1C. The molecule has 8 bridgehead atoms. The second-order valence-corrected chi connectivity index (χ2v) is 6.97. The van der Waals surface area contributed by atoms with Crippen LogP contribution in [-0.4, -0.2) is 19.1 Å². The molecule has 7 rings (SSSR count). The summed E-state index contributed by atoms with van der Waals surface area (Å²) in [5.41, 5.74) is 6.29. The van der Waals surface area contributed by atoms with Crippen molar-refractivity contribution in [2.75, 3.05) is 0 Å². The third-order valence-corrected chi connectivity index (χ3v) is 5.50. The smallest absolute Gasteiger partial charge is 0.140 e. The molecule has 4 nitrogen and oxygen atoms in total. The molecule has 4 heterocycles. The minimum atomic E-state index is 0.984. The predicted molar refractivity (Wildman–Crippen MR) is 108 cm³/mol. The highest BCUT2D eigenvalue weighted by Crippen LogP contribution is 2.27. The lowest BCUT2D eigenvalue weighted by Crippen LogP contribution is -1.88. The molecule has 124 valence electrons. The molecule has 0 atom stereocenters. The van der Waals surface area contributed by atoms with Crippen molar-refractivity contribution in [2.45, 2.75) is 0 Å². The van der Waals surface area contributed by atoms with Crippen LogP contribution in [0.2, 0.25) is 0 Å². The minimum Gasteiger partial charge on any atom is -0.327 e. The molecule has 7 aromatic rings. The zero-order chi connectivity index (χ0) is 17.4. The van der Waals surface area contributed by atoms with E-state index < -0.39 is 0 Å². The molecule has 0 radical (unpaired) electrons. The van der Waals surface area contributed by atoms with Crippen LogP contribution in [0.1, 0.15) is 0 Å². The Morgan fingerprint density at radius 3 is 1.35 bits per heavy atom. The Morgan fingerprint density at radius 1 is 0.538 bits per heavy atom. The molecule has 0 amide bonds. The quantitative estimate of drug-likeness (QED) is 0.395. The lowest BCUT2D eigenvalue weighted by atomic mass is 10.1. The fourth-order valence-electron chi connectivity index (χ4n) is 4.04. The number of rotatable bonds is 0. The maximum absolute atomic E-state index is 4.91. The fourth-order valence-corrected chi connectivity index (χ4v) is 4.04. The van der Waals surface area contributed by atoms with E-state index in [1.165, 1.54) is 10.8 Å². The van der Waals surface area contributed by atoms with Crippen molar-refractivity contribution in [3.63, 3.8) is 0 Å². The molecule has 0 saturated heterocycles. The Labute approximate surface area is 149 Å². The van der Waals surface area contributed by atoms with Gasteiger partial charge in [0.25, 0.3) is 0 Å². The fraction of sp³-hybridized carbons (Fsp3) is 0.0909. The summed E-state index contributed by atoms with van der Waals surface area (Å²) in [7, 11) is 4.15. The standard InChI is InChI=1S/C22H16N4/c1-25-19-9-7-15-11-17(19)23-21(25)13-3-5-14(6-4-13)22-24-18-12-16(15)8-10-20(18)26(22)2/h3-12H,1-2H3. The molecule has 4 aromatic heterocycles. The van der Waals surface area contributed by atoms with E-state index in [4.69, 9.17) is 9.97 Å². The van der Waals surface area contributed by atoms with Crippen LogP contribution in [0.15, 0.2) is 60.7 Å². The van der Waals surface area contributed by atoms with Gasteiger partial charge in [-0.1, -0.05) is 36.4 Å². The summed E-state index contributed by atoms with van der Waals surface area (Å²) in [5, 5.41) is 4.57. The zero-order valence-electron chi connectivity index (χ0n) is 14.6. The van der Waals surface area contributed by atoms with Crippen molar-refractivity contribution < 1.29 is 0 Å². The summed E-state index contributed by atoms with van der Waals surface area (Å²) >= 11 is 0. The average molecular weight is 336 g/mol. The van der Waals surface area contributed by atoms with Crippen LogP contribution in [0, 0.1) is 0 Å². The molecule has 0 spiro atoms. The first-order valence-corrected chi connectivity index (χ1v) is 8.73. The number of aromatic nitrogens is 4. The highest BCUT2D eigenvalue weighted by Gasteiger charge is 2.09. The highest BCUT2D eigenvalue weighted by molar-refractivity contribution is 5.99. The first-order chi connectivity index (χ1) is 12.7. The first-order valence-electron chi connectivity index (χ1n) is 8.73. The third kappa shape index (κ3) is 1.68. The summed E-state index contributed by atoms with van der Waals surface area (Å²) in [4.78, 5) is 9.82. The molecule has 0 N–H and O–H groups in total. The van der Waals surface area contributed by atoms with Gasteiger partial charge in [-0.3, -0.25) is 0 Å². The van der Waals surface area contributed by atoms with Gasteiger partial charge in [0.05, 0.1) is 22.1 Å². The molecular weight excluding hydrogens is 320 g/mol. The van der Waals surface area contributed by atoms with Crippen molar-refractivity contribution in [3.8, 4) is 0 Å². The normalized spacial score (nSPS) is 12.2. The zero-order valence-corrected chi connectivity index (χ0v) is 14.6. The van der Waals surface area contributed by atoms with Crippen LogP contribution in [0.25, 0.3) is 54.9 Å². The number of hydrogen-bond acceptors (Lipinski definition) is 2. The Morgan fingerprint density at radius 2 is 0.923 bits per heavy atom. The van der Waals surface area contributed by atoms with E-state index in [9.17, 15) is 0 Å². The Kier molecular flexibility index (Phi) is 2.45. The van der Waals surface area contributed by atoms with Gasteiger partial charge >= 0.3 is 0 Å². The van der Waals surface area contributed by atoms with Crippen LogP contribution < -0.4 is 0 Å². The maximum atomic E-state index is 4.91. The van der Waals surface area contributed by atoms with Crippen LogP contribution in [0.4, 0.5) is 0 Å². The summed E-state index contributed by atoms with van der Waals surface area (Å²) in [6.45, 7) is 0. The van der Waals surface area contributed by atoms with Crippen molar-refractivity contribution >= 4 is 54.9 Å². The molecule has 0 aliphatic heterocycles. The average Bonchev–Trinajstić information content (AvgIpc) is 3.18. The molecular formula is C22H16N4. The molecule has 0 fully saturated rings. The van der Waals surface area contributed by atoms with Crippen LogP contribution in [0.5, 0.6) is 0 Å². The van der Waals surface area contributed by atoms with Gasteiger partial charge in [-0.15, -0.1) is 0 Å². The van der Waals surface area contributed by atoms with Crippen molar-refractivity contribution in [1.29, 1.82) is 0 Å².